The van der Waals surface area contributed by atoms with Gasteiger partial charge in [-0.3, -0.25) is 0 Å². The molecule has 2 aromatic carbocycles. The third-order valence-electron chi connectivity index (χ3n) is 5.99. The number of aromatic nitrogens is 1. The van der Waals surface area contributed by atoms with Gasteiger partial charge in [-0.15, -0.1) is 11.8 Å². The molecule has 0 bridgehead atoms. The Balaban J connectivity index is 1.13. The molecule has 4 rings (SSSR count). The van der Waals surface area contributed by atoms with Gasteiger partial charge in [0.2, 0.25) is 5.89 Å². The van der Waals surface area contributed by atoms with E-state index < -0.39 is 0 Å². The Bertz CT molecular complexity index is 938. The van der Waals surface area contributed by atoms with Gasteiger partial charge in [-0.05, 0) is 68.8 Å². The van der Waals surface area contributed by atoms with E-state index in [1.165, 1.54) is 45.2 Å². The van der Waals surface area contributed by atoms with Crippen LogP contribution in [0.3, 0.4) is 0 Å². The second-order valence-corrected chi connectivity index (χ2v) is 9.77. The molecule has 1 saturated heterocycles. The highest BCUT2D eigenvalue weighted by Crippen LogP contribution is 2.25. The molecule has 0 spiro atoms. The SMILES string of the molecule is c1ccc(OCCSCc2ncc(-c3ccc(OCCCN4CCCCCCC4)cc3)o2)cc1. The molecule has 34 heavy (non-hydrogen) atoms. The summed E-state index contributed by atoms with van der Waals surface area (Å²) < 4.78 is 17.6. The van der Waals surface area contributed by atoms with E-state index in [0.29, 0.717) is 6.61 Å². The number of benzene rings is 2. The van der Waals surface area contributed by atoms with E-state index in [0.717, 1.165) is 59.8 Å². The highest BCUT2D eigenvalue weighted by Gasteiger charge is 2.09. The lowest BCUT2D eigenvalue weighted by molar-refractivity contribution is 0.218. The molecule has 1 aromatic heterocycles. The first-order valence-corrected chi connectivity index (χ1v) is 13.7. The van der Waals surface area contributed by atoms with Crippen molar-refractivity contribution in [2.24, 2.45) is 0 Å². The van der Waals surface area contributed by atoms with Crippen molar-refractivity contribution in [3.63, 3.8) is 0 Å². The fourth-order valence-corrected chi connectivity index (χ4v) is 4.79. The minimum Gasteiger partial charge on any atom is -0.494 e. The number of hydrogen-bond donors (Lipinski definition) is 0. The number of rotatable bonds is 12. The quantitative estimate of drug-likeness (QED) is 0.269. The second kappa shape index (κ2) is 14.1. The lowest BCUT2D eigenvalue weighted by Gasteiger charge is -2.24. The highest BCUT2D eigenvalue weighted by atomic mass is 32.2. The van der Waals surface area contributed by atoms with Gasteiger partial charge < -0.3 is 18.8 Å². The number of nitrogens with zero attached hydrogens (tertiary/aromatic N) is 2. The predicted octanol–water partition coefficient (Wildman–Crippen LogP) is 6.69. The molecule has 0 N–H and O–H groups in total. The Labute approximate surface area is 207 Å². The van der Waals surface area contributed by atoms with E-state index in [4.69, 9.17) is 13.9 Å². The molecule has 1 aliphatic rings. The second-order valence-electron chi connectivity index (χ2n) is 8.67. The van der Waals surface area contributed by atoms with Gasteiger partial charge >= 0.3 is 0 Å². The molecular formula is C28H36N2O3S. The van der Waals surface area contributed by atoms with Gasteiger partial charge in [-0.25, -0.2) is 4.98 Å². The fourth-order valence-electron chi connectivity index (χ4n) is 4.14. The van der Waals surface area contributed by atoms with Crippen molar-refractivity contribution >= 4 is 11.8 Å². The van der Waals surface area contributed by atoms with Gasteiger partial charge in [0.25, 0.3) is 0 Å². The summed E-state index contributed by atoms with van der Waals surface area (Å²) in [5, 5.41) is 0. The van der Waals surface area contributed by atoms with E-state index in [1.54, 1.807) is 18.0 Å². The summed E-state index contributed by atoms with van der Waals surface area (Å²) in [6.07, 6.45) is 9.73. The van der Waals surface area contributed by atoms with Crippen LogP contribution in [0.5, 0.6) is 11.5 Å². The van der Waals surface area contributed by atoms with Crippen molar-refractivity contribution in [3.8, 4) is 22.8 Å². The number of thioether (sulfide) groups is 1. The van der Waals surface area contributed by atoms with Gasteiger partial charge in [0.15, 0.2) is 5.76 Å². The first-order chi connectivity index (χ1) is 16.9. The summed E-state index contributed by atoms with van der Waals surface area (Å²) in [5.41, 5.74) is 1.02. The monoisotopic (exact) mass is 480 g/mol. The van der Waals surface area contributed by atoms with Gasteiger partial charge in [0.05, 0.1) is 25.2 Å². The standard InChI is InChI=1S/C28H36N2O3S/c1-2-7-16-30(17-8-3-1)18-9-19-31-26-14-12-24(13-15-26)27-22-29-28(33-27)23-34-21-20-32-25-10-5-4-6-11-25/h4-6,10-15,22H,1-3,7-9,16-21,23H2. The summed E-state index contributed by atoms with van der Waals surface area (Å²) in [4.78, 5) is 7.02. The fraction of sp³-hybridized carbons (Fsp3) is 0.464. The zero-order valence-electron chi connectivity index (χ0n) is 20.0. The largest absolute Gasteiger partial charge is 0.494 e. The van der Waals surface area contributed by atoms with Crippen molar-refractivity contribution < 1.29 is 13.9 Å². The van der Waals surface area contributed by atoms with E-state index in [2.05, 4.69) is 9.88 Å². The summed E-state index contributed by atoms with van der Waals surface area (Å²) in [5.74, 6) is 4.96. The maximum absolute atomic E-state index is 5.97. The molecule has 1 fully saturated rings. The predicted molar refractivity (Wildman–Crippen MR) is 140 cm³/mol. The third kappa shape index (κ3) is 8.41. The smallest absolute Gasteiger partial charge is 0.204 e. The zero-order chi connectivity index (χ0) is 23.3. The van der Waals surface area contributed by atoms with Crippen LogP contribution in [0.15, 0.2) is 65.2 Å². The van der Waals surface area contributed by atoms with Gasteiger partial charge in [-0.1, -0.05) is 37.5 Å². The molecule has 182 valence electrons. The summed E-state index contributed by atoms with van der Waals surface area (Å²) >= 11 is 1.76. The molecule has 0 atom stereocenters. The molecule has 0 amide bonds. The number of likely N-dealkylation sites (tertiary alicyclic amines) is 1. The average molecular weight is 481 g/mol. The number of oxazole rings is 1. The number of para-hydroxylation sites is 1. The molecule has 1 aliphatic heterocycles. The van der Waals surface area contributed by atoms with Crippen LogP contribution in [0.4, 0.5) is 0 Å². The summed E-state index contributed by atoms with van der Waals surface area (Å²) in [6, 6.07) is 18.0. The van der Waals surface area contributed by atoms with Gasteiger partial charge in [0, 0.05) is 17.9 Å². The van der Waals surface area contributed by atoms with Crippen LogP contribution in [0.25, 0.3) is 11.3 Å². The van der Waals surface area contributed by atoms with Crippen LogP contribution >= 0.6 is 11.8 Å². The van der Waals surface area contributed by atoms with Gasteiger partial charge in [0.1, 0.15) is 11.5 Å². The van der Waals surface area contributed by atoms with Crippen LogP contribution < -0.4 is 9.47 Å². The molecule has 0 saturated carbocycles. The summed E-state index contributed by atoms with van der Waals surface area (Å²) in [7, 11) is 0. The maximum atomic E-state index is 5.97. The van der Waals surface area contributed by atoms with E-state index >= 15 is 0 Å². The maximum Gasteiger partial charge on any atom is 0.204 e. The van der Waals surface area contributed by atoms with Crippen LogP contribution in [-0.2, 0) is 5.75 Å². The van der Waals surface area contributed by atoms with Crippen molar-refractivity contribution in [2.75, 3.05) is 38.6 Å². The normalized spacial score (nSPS) is 14.9. The first-order valence-electron chi connectivity index (χ1n) is 12.5. The molecule has 5 nitrogen and oxygen atoms in total. The minimum absolute atomic E-state index is 0.668. The topological polar surface area (TPSA) is 47.7 Å². The van der Waals surface area contributed by atoms with Crippen molar-refractivity contribution in [1.29, 1.82) is 0 Å². The molecule has 2 heterocycles. The lowest BCUT2D eigenvalue weighted by atomic mass is 10.1. The van der Waals surface area contributed by atoms with Crippen LogP contribution in [-0.4, -0.2) is 48.5 Å². The Hall–Kier alpha value is -2.44. The lowest BCUT2D eigenvalue weighted by Crippen LogP contribution is -2.29. The Morgan fingerprint density at radius 2 is 1.53 bits per heavy atom. The van der Waals surface area contributed by atoms with E-state index in [1.807, 2.05) is 54.6 Å². The minimum atomic E-state index is 0.668. The molecule has 0 aliphatic carbocycles. The zero-order valence-corrected chi connectivity index (χ0v) is 20.8. The number of ether oxygens (including phenoxy) is 2. The number of hydrogen-bond acceptors (Lipinski definition) is 6. The van der Waals surface area contributed by atoms with Crippen LogP contribution in [0.1, 0.15) is 44.4 Å². The van der Waals surface area contributed by atoms with E-state index in [-0.39, 0.29) is 0 Å². The van der Waals surface area contributed by atoms with E-state index in [9.17, 15) is 0 Å². The van der Waals surface area contributed by atoms with Crippen molar-refractivity contribution in [3.05, 3.63) is 66.7 Å². The Kier molecular flexibility index (Phi) is 10.2. The van der Waals surface area contributed by atoms with Crippen LogP contribution in [0, 0.1) is 0 Å². The average Bonchev–Trinajstić information content (AvgIpc) is 3.33. The van der Waals surface area contributed by atoms with Crippen LogP contribution in [0.2, 0.25) is 0 Å². The Morgan fingerprint density at radius 3 is 2.32 bits per heavy atom. The molecule has 3 aromatic rings. The first kappa shape index (κ1) is 24.7. The third-order valence-corrected chi connectivity index (χ3v) is 6.90. The molecule has 0 unspecified atom stereocenters. The van der Waals surface area contributed by atoms with Crippen molar-refractivity contribution in [1.82, 2.24) is 9.88 Å². The van der Waals surface area contributed by atoms with Gasteiger partial charge in [-0.2, -0.15) is 0 Å². The summed E-state index contributed by atoms with van der Waals surface area (Å²) in [6.45, 7) is 5.05. The van der Waals surface area contributed by atoms with Crippen molar-refractivity contribution in [2.45, 2.75) is 44.3 Å². The molecular weight excluding hydrogens is 444 g/mol. The Morgan fingerprint density at radius 1 is 0.824 bits per heavy atom. The molecule has 6 heteroatoms. The molecule has 0 radical (unpaired) electrons. The highest BCUT2D eigenvalue weighted by molar-refractivity contribution is 7.98.